The standard InChI is InChI=1S/C20H29ClN2O3/c21-16-8-9-19(26-15-17-7-6-12-25-17)18(13-16)22-14-20(24)23-10-4-2-1-3-5-11-23/h8-9,13,17,22H,1-7,10-12,14-15H2. The Balaban J connectivity index is 1.55. The topological polar surface area (TPSA) is 50.8 Å². The highest BCUT2D eigenvalue weighted by molar-refractivity contribution is 6.30. The molecule has 26 heavy (non-hydrogen) atoms. The normalized spacial score (nSPS) is 21.1. The molecule has 1 amide bonds. The van der Waals surface area contributed by atoms with Crippen LogP contribution in [0.15, 0.2) is 18.2 Å². The molecule has 2 fully saturated rings. The van der Waals surface area contributed by atoms with Crippen molar-refractivity contribution in [3.8, 4) is 5.75 Å². The summed E-state index contributed by atoms with van der Waals surface area (Å²) in [6, 6.07) is 5.46. The molecule has 144 valence electrons. The van der Waals surface area contributed by atoms with E-state index in [2.05, 4.69) is 5.32 Å². The van der Waals surface area contributed by atoms with Gasteiger partial charge < -0.3 is 19.7 Å². The van der Waals surface area contributed by atoms with Crippen molar-refractivity contribution in [1.82, 2.24) is 4.90 Å². The number of carbonyl (C=O) groups is 1. The first-order valence-electron chi connectivity index (χ1n) is 9.78. The third-order valence-electron chi connectivity index (χ3n) is 5.03. The lowest BCUT2D eigenvalue weighted by molar-refractivity contribution is -0.129. The summed E-state index contributed by atoms with van der Waals surface area (Å²) in [7, 11) is 0. The van der Waals surface area contributed by atoms with Crippen molar-refractivity contribution in [2.45, 2.75) is 51.0 Å². The molecule has 6 heteroatoms. The molecule has 2 aliphatic heterocycles. The second-order valence-electron chi connectivity index (χ2n) is 7.09. The highest BCUT2D eigenvalue weighted by Crippen LogP contribution is 2.29. The van der Waals surface area contributed by atoms with Gasteiger partial charge in [0.05, 0.1) is 18.3 Å². The Morgan fingerprint density at radius 3 is 2.69 bits per heavy atom. The number of carbonyl (C=O) groups excluding carboxylic acids is 1. The summed E-state index contributed by atoms with van der Waals surface area (Å²) in [6.07, 6.45) is 8.18. The van der Waals surface area contributed by atoms with Crippen molar-refractivity contribution in [1.29, 1.82) is 0 Å². The van der Waals surface area contributed by atoms with E-state index in [9.17, 15) is 4.79 Å². The lowest BCUT2D eigenvalue weighted by atomic mass is 10.1. The number of anilines is 1. The van der Waals surface area contributed by atoms with E-state index in [1.54, 1.807) is 6.07 Å². The molecule has 0 aromatic heterocycles. The molecule has 3 rings (SSSR count). The summed E-state index contributed by atoms with van der Waals surface area (Å²) in [5.41, 5.74) is 0.760. The van der Waals surface area contributed by atoms with Gasteiger partial charge in [0.25, 0.3) is 0 Å². The lowest BCUT2D eigenvalue weighted by Crippen LogP contribution is -2.37. The summed E-state index contributed by atoms with van der Waals surface area (Å²) in [4.78, 5) is 14.5. The van der Waals surface area contributed by atoms with Gasteiger partial charge in [-0.15, -0.1) is 0 Å². The van der Waals surface area contributed by atoms with Crippen LogP contribution < -0.4 is 10.1 Å². The van der Waals surface area contributed by atoms with Crippen molar-refractivity contribution < 1.29 is 14.3 Å². The predicted molar refractivity (Wildman–Crippen MR) is 104 cm³/mol. The van der Waals surface area contributed by atoms with Crippen LogP contribution in [0.5, 0.6) is 5.75 Å². The van der Waals surface area contributed by atoms with Gasteiger partial charge in [-0.05, 0) is 43.9 Å². The number of hydrogen-bond acceptors (Lipinski definition) is 4. The Morgan fingerprint density at radius 2 is 1.96 bits per heavy atom. The average Bonchev–Trinajstić information content (AvgIpc) is 3.12. The van der Waals surface area contributed by atoms with Crippen LogP contribution in [0.4, 0.5) is 5.69 Å². The molecule has 0 bridgehead atoms. The monoisotopic (exact) mass is 380 g/mol. The van der Waals surface area contributed by atoms with E-state index in [-0.39, 0.29) is 18.6 Å². The van der Waals surface area contributed by atoms with E-state index < -0.39 is 0 Å². The molecule has 0 saturated carbocycles. The number of ether oxygens (including phenoxy) is 2. The third-order valence-corrected chi connectivity index (χ3v) is 5.26. The zero-order valence-electron chi connectivity index (χ0n) is 15.3. The second kappa shape index (κ2) is 10.0. The van der Waals surface area contributed by atoms with Gasteiger partial charge in [-0.25, -0.2) is 0 Å². The number of likely N-dealkylation sites (tertiary alicyclic amines) is 1. The first-order valence-corrected chi connectivity index (χ1v) is 10.2. The van der Waals surface area contributed by atoms with Gasteiger partial charge in [0.1, 0.15) is 12.4 Å². The fourth-order valence-electron chi connectivity index (χ4n) is 3.50. The number of nitrogens with zero attached hydrogens (tertiary/aromatic N) is 1. The molecule has 2 saturated heterocycles. The molecule has 0 spiro atoms. The zero-order chi connectivity index (χ0) is 18.2. The van der Waals surface area contributed by atoms with Gasteiger partial charge in [0.15, 0.2) is 0 Å². The van der Waals surface area contributed by atoms with Gasteiger partial charge in [0, 0.05) is 24.7 Å². The van der Waals surface area contributed by atoms with Crippen LogP contribution in [-0.2, 0) is 9.53 Å². The molecule has 0 aliphatic carbocycles. The molecule has 5 nitrogen and oxygen atoms in total. The van der Waals surface area contributed by atoms with E-state index in [4.69, 9.17) is 21.1 Å². The zero-order valence-corrected chi connectivity index (χ0v) is 16.1. The van der Waals surface area contributed by atoms with Gasteiger partial charge in [0.2, 0.25) is 5.91 Å². The van der Waals surface area contributed by atoms with Gasteiger partial charge in [-0.1, -0.05) is 30.9 Å². The first kappa shape index (κ1) is 19.3. The van der Waals surface area contributed by atoms with Crippen LogP contribution in [0.25, 0.3) is 0 Å². The molecule has 2 heterocycles. The van der Waals surface area contributed by atoms with E-state index >= 15 is 0 Å². The van der Waals surface area contributed by atoms with Crippen molar-refractivity contribution in [2.24, 2.45) is 0 Å². The summed E-state index contributed by atoms with van der Waals surface area (Å²) in [6.45, 7) is 3.31. The molecular formula is C20H29ClN2O3. The lowest BCUT2D eigenvalue weighted by Gasteiger charge is -2.25. The number of amides is 1. The van der Waals surface area contributed by atoms with E-state index in [1.807, 2.05) is 17.0 Å². The van der Waals surface area contributed by atoms with E-state index in [1.165, 1.54) is 19.3 Å². The van der Waals surface area contributed by atoms with Crippen molar-refractivity contribution in [3.63, 3.8) is 0 Å². The molecule has 1 aromatic carbocycles. The fourth-order valence-corrected chi connectivity index (χ4v) is 3.68. The van der Waals surface area contributed by atoms with Crippen molar-refractivity contribution in [3.05, 3.63) is 23.2 Å². The van der Waals surface area contributed by atoms with Crippen LogP contribution >= 0.6 is 11.6 Å². The highest BCUT2D eigenvalue weighted by Gasteiger charge is 2.18. The molecule has 1 N–H and O–H groups in total. The van der Waals surface area contributed by atoms with Crippen LogP contribution in [0.2, 0.25) is 5.02 Å². The van der Waals surface area contributed by atoms with E-state index in [0.29, 0.717) is 17.4 Å². The quantitative estimate of drug-likeness (QED) is 0.807. The average molecular weight is 381 g/mol. The smallest absolute Gasteiger partial charge is 0.241 e. The maximum absolute atomic E-state index is 12.6. The molecule has 1 aromatic rings. The summed E-state index contributed by atoms with van der Waals surface area (Å²) >= 11 is 6.13. The molecule has 2 aliphatic rings. The fraction of sp³-hybridized carbons (Fsp3) is 0.650. The minimum atomic E-state index is 0.136. The molecular weight excluding hydrogens is 352 g/mol. The Morgan fingerprint density at radius 1 is 1.19 bits per heavy atom. The predicted octanol–water partition coefficient (Wildman–Crippen LogP) is 4.10. The van der Waals surface area contributed by atoms with Gasteiger partial charge in [-0.3, -0.25) is 4.79 Å². The number of halogens is 1. The van der Waals surface area contributed by atoms with Crippen LogP contribution in [-0.4, -0.2) is 49.8 Å². The second-order valence-corrected chi connectivity index (χ2v) is 7.53. The maximum Gasteiger partial charge on any atom is 0.241 e. The van der Waals surface area contributed by atoms with Gasteiger partial charge in [-0.2, -0.15) is 0 Å². The molecule has 1 atom stereocenters. The largest absolute Gasteiger partial charge is 0.489 e. The van der Waals surface area contributed by atoms with Crippen LogP contribution in [0.3, 0.4) is 0 Å². The highest BCUT2D eigenvalue weighted by atomic mass is 35.5. The summed E-state index contributed by atoms with van der Waals surface area (Å²) in [5.74, 6) is 0.849. The summed E-state index contributed by atoms with van der Waals surface area (Å²) in [5, 5.41) is 3.84. The van der Waals surface area contributed by atoms with Gasteiger partial charge >= 0.3 is 0 Å². The number of nitrogens with one attached hydrogen (secondary N) is 1. The SMILES string of the molecule is O=C(CNc1cc(Cl)ccc1OCC1CCCO1)N1CCCCCCC1. The Kier molecular flexibility index (Phi) is 7.44. The van der Waals surface area contributed by atoms with Crippen LogP contribution in [0.1, 0.15) is 44.9 Å². The number of hydrogen-bond donors (Lipinski definition) is 1. The van der Waals surface area contributed by atoms with Crippen LogP contribution in [0, 0.1) is 0 Å². The van der Waals surface area contributed by atoms with E-state index in [0.717, 1.165) is 51.1 Å². The number of benzene rings is 1. The van der Waals surface area contributed by atoms with Crippen molar-refractivity contribution >= 4 is 23.2 Å². The summed E-state index contributed by atoms with van der Waals surface area (Å²) < 4.78 is 11.5. The first-order chi connectivity index (χ1) is 12.7. The molecule has 1 unspecified atom stereocenters. The maximum atomic E-state index is 12.6. The Bertz CT molecular complexity index is 582. The van der Waals surface area contributed by atoms with Crippen molar-refractivity contribution in [2.75, 3.05) is 38.2 Å². The third kappa shape index (κ3) is 5.78. The number of rotatable bonds is 6. The minimum absolute atomic E-state index is 0.136. The molecule has 0 radical (unpaired) electrons. The Hall–Kier alpha value is -1.46. The Labute approximate surface area is 161 Å². The minimum Gasteiger partial charge on any atom is -0.489 e.